The second-order valence-corrected chi connectivity index (χ2v) is 9.09. The van der Waals surface area contributed by atoms with Crippen molar-refractivity contribution in [3.05, 3.63) is 59.8 Å². The van der Waals surface area contributed by atoms with Crippen molar-refractivity contribution in [2.45, 2.75) is 45.1 Å². The van der Waals surface area contributed by atoms with E-state index >= 15 is 0 Å². The van der Waals surface area contributed by atoms with Crippen LogP contribution in [0.15, 0.2) is 48.5 Å². The fraction of sp³-hybridized carbons (Fsp3) is 0.379. The Balaban J connectivity index is 1.69. The van der Waals surface area contributed by atoms with Crippen molar-refractivity contribution in [3.63, 3.8) is 0 Å². The summed E-state index contributed by atoms with van der Waals surface area (Å²) in [5.74, 6) is -0.942. The van der Waals surface area contributed by atoms with Gasteiger partial charge in [0, 0.05) is 11.6 Å². The van der Waals surface area contributed by atoms with Crippen molar-refractivity contribution in [2.75, 3.05) is 27.4 Å². The van der Waals surface area contributed by atoms with Gasteiger partial charge in [-0.3, -0.25) is 4.79 Å². The zero-order valence-corrected chi connectivity index (χ0v) is 22.4. The van der Waals surface area contributed by atoms with Gasteiger partial charge in [0.25, 0.3) is 5.91 Å². The summed E-state index contributed by atoms with van der Waals surface area (Å²) < 4.78 is 23.0. The average Bonchev–Trinajstić information content (AvgIpc) is 3.37. The number of benzene rings is 2. The van der Waals surface area contributed by atoms with Gasteiger partial charge in [-0.05, 0) is 50.1 Å². The zero-order valence-electron chi connectivity index (χ0n) is 22.4. The first-order chi connectivity index (χ1) is 19.0. The van der Waals surface area contributed by atoms with Crippen molar-refractivity contribution in [2.24, 2.45) is 0 Å². The highest BCUT2D eigenvalue weighted by molar-refractivity contribution is 6.07. The molecule has 0 atom stereocenters. The number of rotatable bonds is 10. The van der Waals surface area contributed by atoms with Gasteiger partial charge in [-0.25, -0.2) is 14.3 Å². The first kappa shape index (κ1) is 27.7. The maximum atomic E-state index is 12.9. The normalized spacial score (nSPS) is 13.4. The molecule has 0 unspecified atom stereocenters. The van der Waals surface area contributed by atoms with Gasteiger partial charge in [-0.15, -0.1) is 0 Å². The van der Waals surface area contributed by atoms with E-state index in [0.717, 1.165) is 25.7 Å². The number of aromatic nitrogens is 2. The van der Waals surface area contributed by atoms with Crippen molar-refractivity contribution < 1.29 is 33.3 Å². The maximum Gasteiger partial charge on any atom is 0.357 e. The largest absolute Gasteiger partial charge is 0.490 e. The van der Waals surface area contributed by atoms with E-state index in [0.29, 0.717) is 29.4 Å². The smallest absolute Gasteiger partial charge is 0.357 e. The van der Waals surface area contributed by atoms with Crippen LogP contribution < -0.4 is 14.8 Å². The molecular formula is C29H33N3O7. The summed E-state index contributed by atoms with van der Waals surface area (Å²) in [6.07, 6.45) is 5.40. The molecule has 1 saturated carbocycles. The number of methoxy groups -OCH3 is 2. The molecular weight excluding hydrogens is 502 g/mol. The van der Waals surface area contributed by atoms with Gasteiger partial charge in [0.2, 0.25) is 0 Å². The van der Waals surface area contributed by atoms with E-state index < -0.39 is 11.9 Å². The first-order valence-electron chi connectivity index (χ1n) is 13.0. The summed E-state index contributed by atoms with van der Waals surface area (Å²) in [4.78, 5) is 38.2. The van der Waals surface area contributed by atoms with Crippen molar-refractivity contribution in [1.29, 1.82) is 0 Å². The van der Waals surface area contributed by atoms with E-state index in [4.69, 9.17) is 18.9 Å². The standard InChI is InChI=1S/C29H33N3O7/c1-4-38-23-17-19(15-16-22(23)39-18-24(33)30-20-11-7-5-8-12-20)26-25(28(34)36-2)27(29(35)37-3)32(31-26)21-13-9-6-10-14-21/h6,9-10,13-17,20H,4-5,7-8,11-12,18H2,1-3H3,(H,30,33). The summed E-state index contributed by atoms with van der Waals surface area (Å²) in [6.45, 7) is 2.01. The molecule has 1 heterocycles. The third-order valence-corrected chi connectivity index (χ3v) is 6.50. The van der Waals surface area contributed by atoms with E-state index in [-0.39, 0.29) is 35.5 Å². The Hall–Kier alpha value is -4.34. The average molecular weight is 536 g/mol. The van der Waals surface area contributed by atoms with Crippen LogP contribution in [0.1, 0.15) is 59.9 Å². The number of hydrogen-bond acceptors (Lipinski definition) is 8. The van der Waals surface area contributed by atoms with E-state index in [1.165, 1.54) is 25.3 Å². The second kappa shape index (κ2) is 12.9. The number of carbonyl (C=O) groups excluding carboxylic acids is 3. The molecule has 0 aliphatic heterocycles. The molecule has 10 nitrogen and oxygen atoms in total. The molecule has 1 amide bonds. The molecule has 1 aliphatic rings. The van der Waals surface area contributed by atoms with Gasteiger partial charge in [0.15, 0.2) is 23.8 Å². The Morgan fingerprint density at radius 2 is 1.64 bits per heavy atom. The fourth-order valence-electron chi connectivity index (χ4n) is 4.66. The summed E-state index contributed by atoms with van der Waals surface area (Å²) in [5, 5.41) is 7.65. The van der Waals surface area contributed by atoms with Gasteiger partial charge < -0.3 is 24.3 Å². The highest BCUT2D eigenvalue weighted by atomic mass is 16.5. The molecule has 0 spiro atoms. The van der Waals surface area contributed by atoms with Gasteiger partial charge in [0.05, 0.1) is 26.5 Å². The molecule has 1 aliphatic carbocycles. The number of amides is 1. The second-order valence-electron chi connectivity index (χ2n) is 9.09. The van der Waals surface area contributed by atoms with Gasteiger partial charge >= 0.3 is 11.9 Å². The minimum absolute atomic E-state index is 0.0452. The van der Waals surface area contributed by atoms with Crippen molar-refractivity contribution >= 4 is 17.8 Å². The lowest BCUT2D eigenvalue weighted by molar-refractivity contribution is -0.124. The van der Waals surface area contributed by atoms with Crippen LogP contribution in [0.3, 0.4) is 0 Å². The molecule has 10 heteroatoms. The van der Waals surface area contributed by atoms with Crippen molar-refractivity contribution in [1.82, 2.24) is 15.1 Å². The monoisotopic (exact) mass is 535 g/mol. The molecule has 39 heavy (non-hydrogen) atoms. The molecule has 1 aromatic heterocycles. The molecule has 1 fully saturated rings. The fourth-order valence-corrected chi connectivity index (χ4v) is 4.66. The lowest BCUT2D eigenvalue weighted by Crippen LogP contribution is -2.39. The predicted molar refractivity (Wildman–Crippen MR) is 143 cm³/mol. The molecule has 4 rings (SSSR count). The van der Waals surface area contributed by atoms with Crippen LogP contribution in [-0.4, -0.2) is 61.1 Å². The molecule has 0 radical (unpaired) electrons. The number of hydrogen-bond donors (Lipinski definition) is 1. The van der Waals surface area contributed by atoms with Crippen LogP contribution in [0.4, 0.5) is 0 Å². The summed E-state index contributed by atoms with van der Waals surface area (Å²) in [6, 6.07) is 14.1. The van der Waals surface area contributed by atoms with Gasteiger partial charge in [-0.2, -0.15) is 5.10 Å². The van der Waals surface area contributed by atoms with E-state index in [2.05, 4.69) is 10.4 Å². The topological polar surface area (TPSA) is 118 Å². The van der Waals surface area contributed by atoms with Gasteiger partial charge in [-0.1, -0.05) is 37.5 Å². The Morgan fingerprint density at radius 3 is 2.31 bits per heavy atom. The molecule has 3 aromatic rings. The SMILES string of the molecule is CCOc1cc(-c2nn(-c3ccccc3)c(C(=O)OC)c2C(=O)OC)ccc1OCC(=O)NC1CCCCC1. The highest BCUT2D eigenvalue weighted by Gasteiger charge is 2.31. The van der Waals surface area contributed by atoms with Crippen molar-refractivity contribution in [3.8, 4) is 28.4 Å². The number of para-hydroxylation sites is 1. The van der Waals surface area contributed by atoms with Crippen LogP contribution in [-0.2, 0) is 14.3 Å². The number of ether oxygens (including phenoxy) is 4. The predicted octanol–water partition coefficient (Wildman–Crippen LogP) is 4.34. The summed E-state index contributed by atoms with van der Waals surface area (Å²) >= 11 is 0. The lowest BCUT2D eigenvalue weighted by Gasteiger charge is -2.22. The van der Waals surface area contributed by atoms with E-state index in [1.54, 1.807) is 42.5 Å². The maximum absolute atomic E-state index is 12.9. The van der Waals surface area contributed by atoms with Crippen LogP contribution in [0.25, 0.3) is 16.9 Å². The van der Waals surface area contributed by atoms with Crippen LogP contribution in [0, 0.1) is 0 Å². The first-order valence-corrected chi connectivity index (χ1v) is 13.0. The molecule has 1 N–H and O–H groups in total. The van der Waals surface area contributed by atoms with Crippen LogP contribution in [0.5, 0.6) is 11.5 Å². The minimum atomic E-state index is -0.745. The molecule has 206 valence electrons. The van der Waals surface area contributed by atoms with E-state index in [1.807, 2.05) is 13.0 Å². The quantitative estimate of drug-likeness (QED) is 0.381. The zero-order chi connectivity index (χ0) is 27.8. The van der Waals surface area contributed by atoms with Gasteiger partial charge in [0.1, 0.15) is 11.3 Å². The minimum Gasteiger partial charge on any atom is -0.490 e. The number of esters is 2. The summed E-state index contributed by atoms with van der Waals surface area (Å²) in [7, 11) is 2.46. The summed E-state index contributed by atoms with van der Waals surface area (Å²) in [5.41, 5.74) is 1.13. The highest BCUT2D eigenvalue weighted by Crippen LogP contribution is 2.36. The number of carbonyl (C=O) groups is 3. The van der Waals surface area contributed by atoms with Crippen LogP contribution in [0.2, 0.25) is 0 Å². The lowest BCUT2D eigenvalue weighted by atomic mass is 9.95. The van der Waals surface area contributed by atoms with Crippen LogP contribution >= 0.6 is 0 Å². The van der Waals surface area contributed by atoms with E-state index in [9.17, 15) is 14.4 Å². The number of nitrogens with one attached hydrogen (secondary N) is 1. The third-order valence-electron chi connectivity index (χ3n) is 6.50. The molecule has 0 bridgehead atoms. The number of nitrogens with zero attached hydrogens (tertiary/aromatic N) is 2. The molecule has 2 aromatic carbocycles. The Morgan fingerprint density at radius 1 is 0.923 bits per heavy atom. The molecule has 0 saturated heterocycles. The Bertz CT molecular complexity index is 1310. The Labute approximate surface area is 227 Å². The third kappa shape index (κ3) is 6.39. The Kier molecular flexibility index (Phi) is 9.19.